The van der Waals surface area contributed by atoms with Gasteiger partial charge in [-0.05, 0) is 12.1 Å². The minimum atomic E-state index is 0.757. The van der Waals surface area contributed by atoms with E-state index >= 15 is 0 Å². The van der Waals surface area contributed by atoms with Crippen molar-refractivity contribution in [2.24, 2.45) is 0 Å². The molecule has 66 valence electrons. The van der Waals surface area contributed by atoms with Crippen molar-refractivity contribution in [3.8, 4) is 0 Å². The number of hydrogen-bond acceptors (Lipinski definition) is 2. The van der Waals surface area contributed by atoms with Crippen molar-refractivity contribution in [2.45, 2.75) is 0 Å². The van der Waals surface area contributed by atoms with Gasteiger partial charge in [-0.2, -0.15) is 12.6 Å². The van der Waals surface area contributed by atoms with E-state index in [4.69, 9.17) is 0 Å². The van der Waals surface area contributed by atoms with Crippen LogP contribution in [-0.4, -0.2) is 15.7 Å². The van der Waals surface area contributed by atoms with Gasteiger partial charge in [-0.25, -0.2) is 4.98 Å². The maximum absolute atomic E-state index is 4.20. The lowest BCUT2D eigenvalue weighted by Crippen LogP contribution is -1.73. The molecule has 0 aliphatic carbocycles. The Morgan fingerprint density at radius 2 is 2.46 bits per heavy atom. The predicted octanol–water partition coefficient (Wildman–Crippen LogP) is 2.51. The van der Waals surface area contributed by atoms with E-state index < -0.39 is 0 Å². The highest BCUT2D eigenvalue weighted by Gasteiger charge is 1.98. The first kappa shape index (κ1) is 8.38. The van der Waals surface area contributed by atoms with Crippen LogP contribution in [0, 0.1) is 0 Å². The van der Waals surface area contributed by atoms with E-state index in [-0.39, 0.29) is 0 Å². The van der Waals surface area contributed by atoms with Crippen LogP contribution < -0.4 is 0 Å². The molecule has 0 spiro atoms. The third-order valence-corrected chi connectivity index (χ3v) is 2.10. The smallest absolute Gasteiger partial charge is 0.137 e. The van der Waals surface area contributed by atoms with Crippen LogP contribution in [0.2, 0.25) is 0 Å². The highest BCUT2D eigenvalue weighted by molar-refractivity contribution is 7.80. The average Bonchev–Trinajstić information content (AvgIpc) is 2.58. The summed E-state index contributed by atoms with van der Waals surface area (Å²) in [6.45, 7) is 0. The molecule has 0 amide bonds. The molecule has 0 radical (unpaired) electrons. The third-order valence-electron chi connectivity index (χ3n) is 1.89. The van der Waals surface area contributed by atoms with Gasteiger partial charge in [0.05, 0.1) is 0 Å². The molecule has 2 nitrogen and oxygen atoms in total. The van der Waals surface area contributed by atoms with Crippen molar-refractivity contribution in [3.05, 3.63) is 36.2 Å². The molecule has 0 saturated carbocycles. The van der Waals surface area contributed by atoms with Gasteiger partial charge in [0.25, 0.3) is 0 Å². The van der Waals surface area contributed by atoms with Crippen molar-refractivity contribution >= 4 is 29.7 Å². The highest BCUT2D eigenvalue weighted by atomic mass is 32.1. The van der Waals surface area contributed by atoms with Gasteiger partial charge in [-0.15, -0.1) is 0 Å². The molecule has 1 N–H and O–H groups in total. The van der Waals surface area contributed by atoms with Gasteiger partial charge in [0, 0.05) is 29.1 Å². The van der Waals surface area contributed by atoms with E-state index in [0.29, 0.717) is 0 Å². The first-order valence-corrected chi connectivity index (χ1v) is 4.74. The molecule has 2 heterocycles. The normalized spacial score (nSPS) is 11.5. The summed E-state index contributed by atoms with van der Waals surface area (Å²) in [6, 6.07) is 3.99. The lowest BCUT2D eigenvalue weighted by Gasteiger charge is -1.88. The first-order valence-electron chi connectivity index (χ1n) is 4.11. The van der Waals surface area contributed by atoms with Gasteiger partial charge < -0.3 is 4.98 Å². The number of aromatic amines is 1. The fourth-order valence-electron chi connectivity index (χ4n) is 1.29. The second-order valence-electron chi connectivity index (χ2n) is 2.73. The van der Waals surface area contributed by atoms with E-state index in [9.17, 15) is 0 Å². The van der Waals surface area contributed by atoms with Crippen LogP contribution in [0.3, 0.4) is 0 Å². The molecule has 0 unspecified atom stereocenters. The third kappa shape index (κ3) is 1.60. The molecule has 2 aromatic heterocycles. The van der Waals surface area contributed by atoms with Crippen molar-refractivity contribution in [1.82, 2.24) is 9.97 Å². The molecular weight excluding hydrogens is 180 g/mol. The summed E-state index contributed by atoms with van der Waals surface area (Å²) >= 11 is 4.11. The van der Waals surface area contributed by atoms with Crippen LogP contribution in [0.15, 0.2) is 30.6 Å². The molecular formula is C10H10N2S. The maximum Gasteiger partial charge on any atom is 0.137 e. The minimum Gasteiger partial charge on any atom is -0.346 e. The van der Waals surface area contributed by atoms with Crippen LogP contribution in [0.5, 0.6) is 0 Å². The van der Waals surface area contributed by atoms with Gasteiger partial charge in [0.15, 0.2) is 0 Å². The van der Waals surface area contributed by atoms with E-state index in [1.807, 2.05) is 24.4 Å². The van der Waals surface area contributed by atoms with Gasteiger partial charge in [-0.3, -0.25) is 0 Å². The second kappa shape index (κ2) is 3.66. The summed E-state index contributed by atoms with van der Waals surface area (Å²) in [5.41, 5.74) is 2.10. The Morgan fingerprint density at radius 1 is 1.54 bits per heavy atom. The van der Waals surface area contributed by atoms with Crippen molar-refractivity contribution < 1.29 is 0 Å². The Hall–Kier alpha value is -1.22. The number of nitrogens with zero attached hydrogens (tertiary/aromatic N) is 1. The topological polar surface area (TPSA) is 28.7 Å². The lowest BCUT2D eigenvalue weighted by molar-refractivity contribution is 1.33. The predicted molar refractivity (Wildman–Crippen MR) is 59.0 cm³/mol. The molecule has 2 rings (SSSR count). The SMILES string of the molecule is SCC=Cc1c[nH]c2ncccc12. The van der Waals surface area contributed by atoms with Crippen LogP contribution in [-0.2, 0) is 0 Å². The summed E-state index contributed by atoms with van der Waals surface area (Å²) in [4.78, 5) is 7.31. The Labute approximate surface area is 82.1 Å². The molecule has 0 aliphatic rings. The summed E-state index contributed by atoms with van der Waals surface area (Å²) in [5, 5.41) is 1.15. The molecule has 0 aromatic carbocycles. The molecule has 3 heteroatoms. The Morgan fingerprint density at radius 3 is 3.31 bits per heavy atom. The number of pyridine rings is 1. The van der Waals surface area contributed by atoms with Crippen LogP contribution in [0.25, 0.3) is 17.1 Å². The molecule has 0 bridgehead atoms. The number of aromatic nitrogens is 2. The first-order chi connectivity index (χ1) is 6.42. The molecule has 0 saturated heterocycles. The van der Waals surface area contributed by atoms with Gasteiger partial charge >= 0.3 is 0 Å². The zero-order chi connectivity index (χ0) is 9.10. The number of fused-ring (bicyclic) bond motifs is 1. The summed E-state index contributed by atoms with van der Waals surface area (Å²) < 4.78 is 0. The van der Waals surface area contributed by atoms with Crippen LogP contribution in [0.4, 0.5) is 0 Å². The largest absolute Gasteiger partial charge is 0.346 e. The Balaban J connectivity index is 2.52. The Bertz CT molecular complexity index is 431. The van der Waals surface area contributed by atoms with Crippen molar-refractivity contribution in [1.29, 1.82) is 0 Å². The van der Waals surface area contributed by atoms with Crippen molar-refractivity contribution in [3.63, 3.8) is 0 Å². The standard InChI is InChI=1S/C10H10N2S/c13-6-2-3-8-7-12-10-9(8)4-1-5-11-10/h1-5,7,13H,6H2,(H,11,12). The van der Waals surface area contributed by atoms with Gasteiger partial charge in [0.1, 0.15) is 5.65 Å². The fourth-order valence-corrected chi connectivity index (χ4v) is 1.40. The lowest BCUT2D eigenvalue weighted by atomic mass is 10.2. The zero-order valence-electron chi connectivity index (χ0n) is 7.07. The molecule has 0 aliphatic heterocycles. The van der Waals surface area contributed by atoms with E-state index in [1.165, 1.54) is 0 Å². The minimum absolute atomic E-state index is 0.757. The monoisotopic (exact) mass is 190 g/mol. The summed E-state index contributed by atoms with van der Waals surface area (Å²) in [7, 11) is 0. The maximum atomic E-state index is 4.20. The fraction of sp³-hybridized carbons (Fsp3) is 0.100. The average molecular weight is 190 g/mol. The molecule has 0 atom stereocenters. The number of rotatable bonds is 2. The number of H-pyrrole nitrogens is 1. The zero-order valence-corrected chi connectivity index (χ0v) is 7.96. The van der Waals surface area contributed by atoms with Crippen LogP contribution >= 0.6 is 12.6 Å². The number of thiol groups is 1. The van der Waals surface area contributed by atoms with Gasteiger partial charge in [0.2, 0.25) is 0 Å². The number of hydrogen-bond donors (Lipinski definition) is 2. The van der Waals surface area contributed by atoms with E-state index in [0.717, 1.165) is 22.3 Å². The van der Waals surface area contributed by atoms with Gasteiger partial charge in [-0.1, -0.05) is 12.2 Å². The Kier molecular flexibility index (Phi) is 2.36. The number of nitrogens with one attached hydrogen (secondary N) is 1. The molecule has 2 aromatic rings. The highest BCUT2D eigenvalue weighted by Crippen LogP contribution is 2.16. The van der Waals surface area contributed by atoms with Crippen molar-refractivity contribution in [2.75, 3.05) is 5.75 Å². The van der Waals surface area contributed by atoms with E-state index in [1.54, 1.807) is 6.20 Å². The summed E-state index contributed by atoms with van der Waals surface area (Å²) in [6.07, 6.45) is 7.80. The molecule has 0 fully saturated rings. The quantitative estimate of drug-likeness (QED) is 0.700. The van der Waals surface area contributed by atoms with Crippen LogP contribution in [0.1, 0.15) is 5.56 Å². The molecule has 13 heavy (non-hydrogen) atoms. The van der Waals surface area contributed by atoms with E-state index in [2.05, 4.69) is 28.7 Å². The summed E-state index contributed by atoms with van der Waals surface area (Å²) in [5.74, 6) is 0.757. The second-order valence-corrected chi connectivity index (χ2v) is 3.09.